The first kappa shape index (κ1) is 13.4. The number of nitrogens with zero attached hydrogens (tertiary/aromatic N) is 3. The van der Waals surface area contributed by atoms with Crippen LogP contribution in [0.15, 0.2) is 6.07 Å². The summed E-state index contributed by atoms with van der Waals surface area (Å²) in [4.78, 5) is 11.0. The van der Waals surface area contributed by atoms with Gasteiger partial charge in [0.05, 0.1) is 6.10 Å². The minimum Gasteiger partial charge on any atom is -0.393 e. The average Bonchev–Trinajstić information content (AvgIpc) is 2.68. The molecule has 2 atom stereocenters. The molecule has 0 spiro atoms. The van der Waals surface area contributed by atoms with Gasteiger partial charge in [-0.25, -0.2) is 0 Å². The van der Waals surface area contributed by atoms with E-state index in [-0.39, 0.29) is 6.10 Å². The van der Waals surface area contributed by atoms with Crippen LogP contribution in [0.3, 0.4) is 0 Å². The van der Waals surface area contributed by atoms with Crippen LogP contribution < -0.4 is 16.0 Å². The monoisotopic (exact) mass is 277 g/mol. The molecule has 20 heavy (non-hydrogen) atoms. The molecule has 2 saturated heterocycles. The zero-order valence-corrected chi connectivity index (χ0v) is 11.9. The van der Waals surface area contributed by atoms with E-state index >= 15 is 0 Å². The summed E-state index contributed by atoms with van der Waals surface area (Å²) in [6, 6.07) is 2.75. The molecule has 2 fully saturated rings. The molecule has 2 unspecified atom stereocenters. The Morgan fingerprint density at radius 1 is 1.35 bits per heavy atom. The Morgan fingerprint density at radius 2 is 2.05 bits per heavy atom. The van der Waals surface area contributed by atoms with Gasteiger partial charge in [-0.15, -0.1) is 0 Å². The third-order valence-corrected chi connectivity index (χ3v) is 4.26. The highest BCUT2D eigenvalue weighted by Crippen LogP contribution is 2.39. The Bertz CT molecular complexity index is 467. The van der Waals surface area contributed by atoms with Crippen molar-refractivity contribution in [1.29, 1.82) is 0 Å². The largest absolute Gasteiger partial charge is 0.393 e. The van der Waals surface area contributed by atoms with Crippen molar-refractivity contribution in [2.24, 2.45) is 0 Å². The van der Waals surface area contributed by atoms with Crippen LogP contribution in [0.1, 0.15) is 39.0 Å². The second kappa shape index (κ2) is 5.44. The maximum Gasteiger partial charge on any atom is 0.223 e. The lowest BCUT2D eigenvalue weighted by atomic mass is 10.00. The number of nitrogen functional groups attached to an aromatic ring is 1. The number of piperidine rings is 1. The highest BCUT2D eigenvalue weighted by Gasteiger charge is 2.41. The van der Waals surface area contributed by atoms with Gasteiger partial charge < -0.3 is 21.1 Å². The van der Waals surface area contributed by atoms with Gasteiger partial charge >= 0.3 is 0 Å². The molecule has 0 radical (unpaired) electrons. The van der Waals surface area contributed by atoms with E-state index in [0.29, 0.717) is 18.0 Å². The van der Waals surface area contributed by atoms with Crippen LogP contribution in [0.5, 0.6) is 0 Å². The van der Waals surface area contributed by atoms with Gasteiger partial charge in [-0.2, -0.15) is 9.97 Å². The topological polar surface area (TPSA) is 87.3 Å². The predicted molar refractivity (Wildman–Crippen MR) is 79.8 cm³/mol. The van der Waals surface area contributed by atoms with Gasteiger partial charge in [-0.3, -0.25) is 0 Å². The molecule has 0 saturated carbocycles. The Labute approximate surface area is 119 Å². The second-order valence-corrected chi connectivity index (χ2v) is 5.81. The van der Waals surface area contributed by atoms with E-state index in [1.54, 1.807) is 0 Å². The molecule has 2 aliphatic heterocycles. The lowest BCUT2D eigenvalue weighted by molar-refractivity contribution is 0.126. The highest BCUT2D eigenvalue weighted by molar-refractivity contribution is 5.55. The number of nitrogens with one attached hydrogen (secondary N) is 1. The fraction of sp³-hybridized carbons (Fsp3) is 0.714. The van der Waals surface area contributed by atoms with Gasteiger partial charge in [-0.05, 0) is 32.1 Å². The number of nitrogens with two attached hydrogens (primary N) is 1. The Kier molecular flexibility index (Phi) is 3.65. The van der Waals surface area contributed by atoms with E-state index in [4.69, 9.17) is 5.73 Å². The van der Waals surface area contributed by atoms with E-state index in [1.807, 2.05) is 6.07 Å². The van der Waals surface area contributed by atoms with E-state index in [2.05, 4.69) is 27.1 Å². The van der Waals surface area contributed by atoms with E-state index < -0.39 is 0 Å². The minimum atomic E-state index is -0.166. The van der Waals surface area contributed by atoms with Crippen molar-refractivity contribution in [2.75, 3.05) is 22.5 Å². The molecule has 4 N–H and O–H groups in total. The van der Waals surface area contributed by atoms with Crippen molar-refractivity contribution >= 4 is 17.6 Å². The molecule has 0 amide bonds. The molecule has 2 aliphatic rings. The number of aliphatic hydroxyl groups excluding tert-OH is 1. The number of aliphatic hydroxyl groups is 1. The Hall–Kier alpha value is -1.56. The summed E-state index contributed by atoms with van der Waals surface area (Å²) < 4.78 is 0. The zero-order chi connectivity index (χ0) is 14.1. The molecule has 6 heteroatoms. The van der Waals surface area contributed by atoms with Crippen molar-refractivity contribution < 1.29 is 5.11 Å². The van der Waals surface area contributed by atoms with Crippen molar-refractivity contribution in [1.82, 2.24) is 9.97 Å². The fourth-order valence-corrected chi connectivity index (χ4v) is 3.45. The molecular weight excluding hydrogens is 254 g/mol. The van der Waals surface area contributed by atoms with E-state index in [1.165, 1.54) is 0 Å². The maximum absolute atomic E-state index is 9.88. The number of rotatable bonds is 4. The van der Waals surface area contributed by atoms with E-state index in [0.717, 1.165) is 50.3 Å². The number of hydrogen-bond acceptors (Lipinski definition) is 6. The normalized spacial score (nSPS) is 28.7. The van der Waals surface area contributed by atoms with Gasteiger partial charge in [0.1, 0.15) is 11.6 Å². The summed E-state index contributed by atoms with van der Waals surface area (Å²) in [5.74, 6) is 2.00. The Morgan fingerprint density at radius 3 is 2.70 bits per heavy atom. The number of aromatic nitrogens is 2. The van der Waals surface area contributed by atoms with Crippen molar-refractivity contribution in [3.63, 3.8) is 0 Å². The molecule has 6 nitrogen and oxygen atoms in total. The second-order valence-electron chi connectivity index (χ2n) is 5.81. The van der Waals surface area contributed by atoms with Gasteiger partial charge in [0.15, 0.2) is 0 Å². The summed E-state index contributed by atoms with van der Waals surface area (Å²) in [6.07, 6.45) is 4.80. The molecule has 0 aromatic carbocycles. The van der Waals surface area contributed by atoms with Crippen LogP contribution in [-0.2, 0) is 0 Å². The molecule has 3 rings (SSSR count). The summed E-state index contributed by atoms with van der Waals surface area (Å²) in [5, 5.41) is 13.1. The highest BCUT2D eigenvalue weighted by atomic mass is 16.3. The van der Waals surface area contributed by atoms with Gasteiger partial charge in [0, 0.05) is 24.7 Å². The SMILES string of the molecule is CCCNc1cc(N2C3CCC2CC(O)C3)nc(N)n1. The van der Waals surface area contributed by atoms with Gasteiger partial charge in [-0.1, -0.05) is 6.92 Å². The lowest BCUT2D eigenvalue weighted by Crippen LogP contribution is -2.45. The average molecular weight is 277 g/mol. The molecule has 0 aliphatic carbocycles. The number of hydrogen-bond donors (Lipinski definition) is 3. The molecule has 1 aromatic rings. The third kappa shape index (κ3) is 2.52. The van der Waals surface area contributed by atoms with Gasteiger partial charge in [0.2, 0.25) is 5.95 Å². The summed E-state index contributed by atoms with van der Waals surface area (Å²) in [6.45, 7) is 2.99. The molecular formula is C14H23N5O. The van der Waals surface area contributed by atoms with Crippen LogP contribution in [0.25, 0.3) is 0 Å². The minimum absolute atomic E-state index is 0.166. The quantitative estimate of drug-likeness (QED) is 0.770. The molecule has 1 aromatic heterocycles. The lowest BCUT2D eigenvalue weighted by Gasteiger charge is -2.38. The van der Waals surface area contributed by atoms with Crippen LogP contribution in [0.4, 0.5) is 17.6 Å². The van der Waals surface area contributed by atoms with Crippen molar-refractivity contribution in [2.45, 2.75) is 57.2 Å². The first-order valence-electron chi connectivity index (χ1n) is 7.52. The Balaban J connectivity index is 1.85. The first-order valence-corrected chi connectivity index (χ1v) is 7.52. The summed E-state index contributed by atoms with van der Waals surface area (Å²) >= 11 is 0. The van der Waals surface area contributed by atoms with Crippen LogP contribution in [0.2, 0.25) is 0 Å². The van der Waals surface area contributed by atoms with Crippen LogP contribution >= 0.6 is 0 Å². The number of fused-ring (bicyclic) bond motifs is 2. The zero-order valence-electron chi connectivity index (χ0n) is 11.9. The standard InChI is InChI=1S/C14H23N5O/c1-2-5-16-12-8-13(18-14(15)17-12)19-9-3-4-10(19)7-11(20)6-9/h8-11,20H,2-7H2,1H3,(H3,15,16,17,18). The summed E-state index contributed by atoms with van der Waals surface area (Å²) in [5.41, 5.74) is 5.84. The van der Waals surface area contributed by atoms with Crippen molar-refractivity contribution in [3.8, 4) is 0 Å². The summed E-state index contributed by atoms with van der Waals surface area (Å²) in [7, 11) is 0. The molecule has 2 bridgehead atoms. The molecule has 110 valence electrons. The maximum atomic E-state index is 9.88. The first-order chi connectivity index (χ1) is 9.67. The predicted octanol–water partition coefficient (Wildman–Crippen LogP) is 1.37. The van der Waals surface area contributed by atoms with Crippen LogP contribution in [0, 0.1) is 0 Å². The van der Waals surface area contributed by atoms with Crippen LogP contribution in [-0.4, -0.2) is 39.8 Å². The van der Waals surface area contributed by atoms with Crippen molar-refractivity contribution in [3.05, 3.63) is 6.07 Å². The number of anilines is 3. The smallest absolute Gasteiger partial charge is 0.223 e. The third-order valence-electron chi connectivity index (χ3n) is 4.26. The van der Waals surface area contributed by atoms with Gasteiger partial charge in [0.25, 0.3) is 0 Å². The molecule has 3 heterocycles. The van der Waals surface area contributed by atoms with E-state index in [9.17, 15) is 5.11 Å². The fourth-order valence-electron chi connectivity index (χ4n) is 3.45.